The van der Waals surface area contributed by atoms with Crippen LogP contribution in [0, 0.1) is 5.92 Å². The first-order valence-electron chi connectivity index (χ1n) is 9.10. The zero-order chi connectivity index (χ0) is 21.0. The molecule has 1 aromatic carbocycles. The molecule has 29 heavy (non-hydrogen) atoms. The Bertz CT molecular complexity index is 887. The van der Waals surface area contributed by atoms with Crippen LogP contribution in [0.3, 0.4) is 0 Å². The maximum absolute atomic E-state index is 11.7. The fourth-order valence-electron chi connectivity index (χ4n) is 3.32. The predicted molar refractivity (Wildman–Crippen MR) is 111 cm³/mol. The number of nitrogen functional groups attached to an aromatic ring is 1. The van der Waals surface area contributed by atoms with Gasteiger partial charge in [0.25, 0.3) is 0 Å². The number of carbonyl (C=O) groups is 1. The third-order valence-corrected chi connectivity index (χ3v) is 5.21. The van der Waals surface area contributed by atoms with Crippen molar-refractivity contribution < 1.29 is 19.0 Å². The molecule has 1 aliphatic rings. The molecule has 0 atom stereocenters. The smallest absolute Gasteiger partial charge is 0.308 e. The summed E-state index contributed by atoms with van der Waals surface area (Å²) in [7, 11) is 4.49. The minimum Gasteiger partial charge on any atom is -0.495 e. The number of carbonyl (C=O) groups excluding carboxylic acids is 1. The standard InChI is InChI=1S/C19H24ClN5O4/c1-27-14-9-15(28-2)13(8-12(14)20)24-17-16(21)18(23-10-22-17)25-6-4-11(5-7-25)19(26)29-3/h8-11H,4-7,21H2,1-3H3,(H,22,23,24). The van der Waals surface area contributed by atoms with Crippen LogP contribution in [-0.4, -0.2) is 50.4 Å². The van der Waals surface area contributed by atoms with Gasteiger partial charge in [-0.05, 0) is 18.9 Å². The molecule has 9 nitrogen and oxygen atoms in total. The SMILES string of the molecule is COC(=O)C1CCN(c2ncnc(Nc3cc(Cl)c(OC)cc3OC)c2N)CC1. The molecular formula is C19H24ClN5O4. The van der Waals surface area contributed by atoms with Crippen molar-refractivity contribution >= 4 is 40.6 Å². The predicted octanol–water partition coefficient (Wildman–Crippen LogP) is 2.86. The summed E-state index contributed by atoms with van der Waals surface area (Å²) in [4.78, 5) is 22.4. The second kappa shape index (κ2) is 9.04. The van der Waals surface area contributed by atoms with E-state index in [4.69, 9.17) is 31.5 Å². The van der Waals surface area contributed by atoms with Gasteiger partial charge in [0, 0.05) is 19.2 Å². The first-order valence-corrected chi connectivity index (χ1v) is 9.48. The second-order valence-corrected chi connectivity index (χ2v) is 6.96. The maximum Gasteiger partial charge on any atom is 0.308 e. The van der Waals surface area contributed by atoms with E-state index in [1.807, 2.05) is 4.90 Å². The number of hydrogen-bond acceptors (Lipinski definition) is 9. The molecule has 0 spiro atoms. The average Bonchev–Trinajstić information content (AvgIpc) is 2.75. The summed E-state index contributed by atoms with van der Waals surface area (Å²) >= 11 is 6.24. The van der Waals surface area contributed by atoms with Crippen LogP contribution in [0.5, 0.6) is 11.5 Å². The molecule has 3 N–H and O–H groups in total. The maximum atomic E-state index is 11.7. The minimum absolute atomic E-state index is 0.0948. The molecule has 156 valence electrons. The summed E-state index contributed by atoms with van der Waals surface area (Å²) in [5, 5.41) is 3.58. The highest BCUT2D eigenvalue weighted by atomic mass is 35.5. The summed E-state index contributed by atoms with van der Waals surface area (Å²) in [6, 6.07) is 3.36. The molecule has 3 rings (SSSR count). The Morgan fingerprint density at radius 1 is 1.17 bits per heavy atom. The molecule has 0 saturated carbocycles. The zero-order valence-electron chi connectivity index (χ0n) is 16.6. The summed E-state index contributed by atoms with van der Waals surface area (Å²) in [6.45, 7) is 1.30. The summed E-state index contributed by atoms with van der Waals surface area (Å²) in [5.74, 6) is 1.81. The van der Waals surface area contributed by atoms with Crippen LogP contribution in [0.2, 0.25) is 5.02 Å². The van der Waals surface area contributed by atoms with Crippen LogP contribution >= 0.6 is 11.6 Å². The van der Waals surface area contributed by atoms with Crippen LogP contribution in [0.15, 0.2) is 18.5 Å². The zero-order valence-corrected chi connectivity index (χ0v) is 17.3. The lowest BCUT2D eigenvalue weighted by Crippen LogP contribution is -2.37. The number of rotatable bonds is 6. The summed E-state index contributed by atoms with van der Waals surface area (Å²) in [6.07, 6.45) is 2.81. The molecule has 1 aromatic heterocycles. The molecule has 1 aliphatic heterocycles. The normalized spacial score (nSPS) is 14.4. The van der Waals surface area contributed by atoms with Gasteiger partial charge < -0.3 is 30.2 Å². The van der Waals surface area contributed by atoms with Crippen LogP contribution < -0.4 is 25.4 Å². The Kier molecular flexibility index (Phi) is 6.48. The van der Waals surface area contributed by atoms with Crippen molar-refractivity contribution in [2.45, 2.75) is 12.8 Å². The van der Waals surface area contributed by atoms with Crippen molar-refractivity contribution in [2.75, 3.05) is 50.4 Å². The number of methoxy groups -OCH3 is 3. The van der Waals surface area contributed by atoms with Crippen molar-refractivity contribution in [2.24, 2.45) is 5.92 Å². The first kappa shape index (κ1) is 20.8. The molecule has 1 saturated heterocycles. The number of esters is 1. The lowest BCUT2D eigenvalue weighted by molar-refractivity contribution is -0.146. The Hall–Kier alpha value is -2.94. The number of ether oxygens (including phenoxy) is 3. The molecule has 2 heterocycles. The number of benzene rings is 1. The molecule has 0 amide bonds. The summed E-state index contributed by atoms with van der Waals surface area (Å²) < 4.78 is 15.5. The van der Waals surface area contributed by atoms with E-state index < -0.39 is 0 Å². The molecule has 1 fully saturated rings. The summed E-state index contributed by atoms with van der Waals surface area (Å²) in [5.41, 5.74) is 7.35. The van der Waals surface area contributed by atoms with E-state index in [0.29, 0.717) is 65.5 Å². The fraction of sp³-hybridized carbons (Fsp3) is 0.421. The van der Waals surface area contributed by atoms with E-state index in [1.54, 1.807) is 19.2 Å². The molecule has 0 unspecified atom stereocenters. The Balaban J connectivity index is 1.82. The third-order valence-electron chi connectivity index (χ3n) is 4.92. The van der Waals surface area contributed by atoms with Crippen molar-refractivity contribution in [3.8, 4) is 11.5 Å². The van der Waals surface area contributed by atoms with Crippen LogP contribution in [0.1, 0.15) is 12.8 Å². The van der Waals surface area contributed by atoms with E-state index in [1.165, 1.54) is 20.5 Å². The molecule has 0 aliphatic carbocycles. The van der Waals surface area contributed by atoms with E-state index in [-0.39, 0.29) is 11.9 Å². The monoisotopic (exact) mass is 421 g/mol. The van der Waals surface area contributed by atoms with Gasteiger partial charge in [0.1, 0.15) is 23.5 Å². The number of nitrogens with two attached hydrogens (primary N) is 1. The number of anilines is 4. The minimum atomic E-state index is -0.175. The molecule has 2 aromatic rings. The van der Waals surface area contributed by atoms with Crippen molar-refractivity contribution in [3.05, 3.63) is 23.5 Å². The Morgan fingerprint density at radius 2 is 1.86 bits per heavy atom. The Labute approximate surface area is 174 Å². The lowest BCUT2D eigenvalue weighted by Gasteiger charge is -2.32. The van der Waals surface area contributed by atoms with Crippen LogP contribution in [-0.2, 0) is 9.53 Å². The highest BCUT2D eigenvalue weighted by molar-refractivity contribution is 6.32. The number of hydrogen-bond donors (Lipinski definition) is 2. The first-order chi connectivity index (χ1) is 14.0. The van der Waals surface area contributed by atoms with Gasteiger partial charge in [-0.3, -0.25) is 4.79 Å². The van der Waals surface area contributed by atoms with Gasteiger partial charge in [-0.2, -0.15) is 0 Å². The number of piperidine rings is 1. The topological polar surface area (TPSA) is 112 Å². The highest BCUT2D eigenvalue weighted by Gasteiger charge is 2.27. The quantitative estimate of drug-likeness (QED) is 0.679. The number of nitrogens with zero attached hydrogens (tertiary/aromatic N) is 3. The number of nitrogens with one attached hydrogen (secondary N) is 1. The average molecular weight is 422 g/mol. The third kappa shape index (κ3) is 4.40. The van der Waals surface area contributed by atoms with Crippen LogP contribution in [0.4, 0.5) is 23.0 Å². The molecule has 0 bridgehead atoms. The second-order valence-electron chi connectivity index (χ2n) is 6.56. The molecule has 0 radical (unpaired) electrons. The van der Waals surface area contributed by atoms with E-state index in [2.05, 4.69) is 15.3 Å². The van der Waals surface area contributed by atoms with Gasteiger partial charge in [0.15, 0.2) is 11.6 Å². The van der Waals surface area contributed by atoms with E-state index in [0.717, 1.165) is 0 Å². The Morgan fingerprint density at radius 3 is 2.48 bits per heavy atom. The van der Waals surface area contributed by atoms with Crippen molar-refractivity contribution in [3.63, 3.8) is 0 Å². The van der Waals surface area contributed by atoms with Crippen LogP contribution in [0.25, 0.3) is 0 Å². The van der Waals surface area contributed by atoms with Gasteiger partial charge in [0.2, 0.25) is 0 Å². The van der Waals surface area contributed by atoms with Crippen molar-refractivity contribution in [1.82, 2.24) is 9.97 Å². The largest absolute Gasteiger partial charge is 0.495 e. The molecule has 10 heteroatoms. The van der Waals surface area contributed by atoms with Gasteiger partial charge >= 0.3 is 5.97 Å². The van der Waals surface area contributed by atoms with Gasteiger partial charge in [-0.15, -0.1) is 0 Å². The van der Waals surface area contributed by atoms with Gasteiger partial charge in [-0.1, -0.05) is 11.6 Å². The van der Waals surface area contributed by atoms with Crippen molar-refractivity contribution in [1.29, 1.82) is 0 Å². The number of halogens is 1. The fourth-order valence-corrected chi connectivity index (χ4v) is 3.56. The van der Waals surface area contributed by atoms with Gasteiger partial charge in [-0.25, -0.2) is 9.97 Å². The van der Waals surface area contributed by atoms with E-state index in [9.17, 15) is 4.79 Å². The molecular weight excluding hydrogens is 398 g/mol. The van der Waals surface area contributed by atoms with Gasteiger partial charge in [0.05, 0.1) is 38.0 Å². The number of aromatic nitrogens is 2. The van der Waals surface area contributed by atoms with E-state index >= 15 is 0 Å². The lowest BCUT2D eigenvalue weighted by atomic mass is 9.97. The highest BCUT2D eigenvalue weighted by Crippen LogP contribution is 2.39.